The molecule has 11 heteroatoms. The maximum absolute atomic E-state index is 13.4. The average molecular weight is 504 g/mol. The number of ether oxygens (including phenoxy) is 1. The minimum absolute atomic E-state index is 0.0206. The van der Waals surface area contributed by atoms with Gasteiger partial charge in [-0.3, -0.25) is 4.90 Å². The topological polar surface area (TPSA) is 53.1 Å². The molecule has 2 aromatic rings. The van der Waals surface area contributed by atoms with E-state index in [1.807, 2.05) is 9.80 Å². The molecule has 188 valence electrons. The van der Waals surface area contributed by atoms with Crippen LogP contribution < -0.4 is 9.64 Å². The Bertz CT molecular complexity index is 1100. The molecular weight excluding hydrogens is 474 g/mol. The maximum atomic E-state index is 13.4. The number of methoxy groups -OCH3 is 1. The quantitative estimate of drug-likeness (QED) is 0.506. The van der Waals surface area contributed by atoms with Gasteiger partial charge < -0.3 is 9.64 Å². The molecule has 34 heavy (non-hydrogen) atoms. The van der Waals surface area contributed by atoms with Crippen LogP contribution in [0.15, 0.2) is 41.3 Å². The molecule has 0 amide bonds. The summed E-state index contributed by atoms with van der Waals surface area (Å²) in [7, 11) is -2.16. The molecule has 0 aromatic heterocycles. The number of hydrogen-bond donors (Lipinski definition) is 0. The molecule has 1 fully saturated rings. The Kier molecular flexibility index (Phi) is 8.10. The minimum Gasteiger partial charge on any atom is -0.495 e. The summed E-state index contributed by atoms with van der Waals surface area (Å²) in [6, 6.07) is 7.45. The predicted molar refractivity (Wildman–Crippen MR) is 122 cm³/mol. The molecule has 6 nitrogen and oxygen atoms in total. The van der Waals surface area contributed by atoms with Gasteiger partial charge in [-0.1, -0.05) is 19.9 Å². The van der Waals surface area contributed by atoms with Gasteiger partial charge in [0.2, 0.25) is 10.0 Å². The number of piperazine rings is 1. The summed E-state index contributed by atoms with van der Waals surface area (Å²) >= 11 is 0. The van der Waals surface area contributed by atoms with Gasteiger partial charge in [0, 0.05) is 45.8 Å². The summed E-state index contributed by atoms with van der Waals surface area (Å²) in [5.41, 5.74) is -0.328. The Labute approximate surface area is 197 Å². The van der Waals surface area contributed by atoms with Crippen molar-refractivity contribution >= 4 is 15.7 Å². The predicted octanol–water partition coefficient (Wildman–Crippen LogP) is 4.21. The van der Waals surface area contributed by atoms with Crippen molar-refractivity contribution in [1.29, 1.82) is 0 Å². The van der Waals surface area contributed by atoms with Gasteiger partial charge in [-0.15, -0.1) is 0 Å². The van der Waals surface area contributed by atoms with Gasteiger partial charge >= 0.3 is 6.18 Å². The minimum atomic E-state index is -4.64. The van der Waals surface area contributed by atoms with Crippen molar-refractivity contribution in [2.45, 2.75) is 31.5 Å². The molecule has 1 aliphatic rings. The molecular formula is C23H29F4N3O3S. The van der Waals surface area contributed by atoms with Crippen LogP contribution >= 0.6 is 0 Å². The van der Waals surface area contributed by atoms with E-state index in [1.54, 1.807) is 26.0 Å². The zero-order valence-corrected chi connectivity index (χ0v) is 20.2. The van der Waals surface area contributed by atoms with E-state index < -0.39 is 27.6 Å². The first kappa shape index (κ1) is 26.2. The highest BCUT2D eigenvalue weighted by atomic mass is 32.2. The number of nitrogens with zero attached hydrogens (tertiary/aromatic N) is 3. The molecule has 0 spiro atoms. The van der Waals surface area contributed by atoms with Gasteiger partial charge in [-0.25, -0.2) is 12.8 Å². The van der Waals surface area contributed by atoms with E-state index in [0.29, 0.717) is 56.8 Å². The summed E-state index contributed by atoms with van der Waals surface area (Å²) in [5.74, 6) is -0.405. The summed E-state index contributed by atoms with van der Waals surface area (Å²) < 4.78 is 86.1. The Hall–Kier alpha value is -2.37. The van der Waals surface area contributed by atoms with E-state index >= 15 is 0 Å². The van der Waals surface area contributed by atoms with Crippen molar-refractivity contribution in [3.63, 3.8) is 0 Å². The molecule has 1 aliphatic heterocycles. The van der Waals surface area contributed by atoms with Crippen LogP contribution in [0.25, 0.3) is 0 Å². The van der Waals surface area contributed by atoms with Crippen molar-refractivity contribution in [2.75, 3.05) is 51.3 Å². The SMILES string of the molecule is CCN(CC)S(=O)(=O)c1ccc(OC)c(N2CCN(Cc3ccc(F)cc3C(F)(F)F)CC2)c1. The number of alkyl halides is 3. The highest BCUT2D eigenvalue weighted by Gasteiger charge is 2.34. The number of benzene rings is 2. The molecule has 0 N–H and O–H groups in total. The maximum Gasteiger partial charge on any atom is 0.416 e. The molecule has 0 bridgehead atoms. The van der Waals surface area contributed by atoms with E-state index in [-0.39, 0.29) is 17.0 Å². The van der Waals surface area contributed by atoms with Gasteiger partial charge in [-0.2, -0.15) is 17.5 Å². The molecule has 1 heterocycles. The number of sulfonamides is 1. The highest BCUT2D eigenvalue weighted by molar-refractivity contribution is 7.89. The van der Waals surface area contributed by atoms with Crippen molar-refractivity contribution in [2.24, 2.45) is 0 Å². The van der Waals surface area contributed by atoms with Crippen LogP contribution in [0.5, 0.6) is 5.75 Å². The molecule has 0 radical (unpaired) electrons. The van der Waals surface area contributed by atoms with Crippen LogP contribution in [0.3, 0.4) is 0 Å². The van der Waals surface area contributed by atoms with Crippen molar-refractivity contribution in [3.8, 4) is 5.75 Å². The zero-order valence-electron chi connectivity index (χ0n) is 19.4. The third-order valence-electron chi connectivity index (χ3n) is 5.98. The first-order valence-electron chi connectivity index (χ1n) is 11.0. The Balaban J connectivity index is 1.78. The largest absolute Gasteiger partial charge is 0.495 e. The lowest BCUT2D eigenvalue weighted by atomic mass is 10.1. The van der Waals surface area contributed by atoms with Crippen molar-refractivity contribution in [3.05, 3.63) is 53.3 Å². The Morgan fingerprint density at radius 1 is 1.00 bits per heavy atom. The fourth-order valence-corrected chi connectivity index (χ4v) is 5.61. The van der Waals surface area contributed by atoms with Gasteiger partial charge in [0.1, 0.15) is 11.6 Å². The van der Waals surface area contributed by atoms with Crippen LogP contribution in [0, 0.1) is 5.82 Å². The first-order chi connectivity index (χ1) is 16.0. The second-order valence-corrected chi connectivity index (χ2v) is 9.92. The molecule has 0 unspecified atom stereocenters. The number of hydrogen-bond acceptors (Lipinski definition) is 5. The van der Waals surface area contributed by atoms with Gasteiger partial charge in [0.15, 0.2) is 0 Å². The van der Waals surface area contributed by atoms with Crippen LogP contribution in [0.4, 0.5) is 23.2 Å². The second kappa shape index (κ2) is 10.5. The smallest absolute Gasteiger partial charge is 0.416 e. The van der Waals surface area contributed by atoms with Crippen molar-refractivity contribution in [1.82, 2.24) is 9.21 Å². The number of halogens is 4. The molecule has 1 saturated heterocycles. The molecule has 0 saturated carbocycles. The fourth-order valence-electron chi connectivity index (χ4n) is 4.13. The molecule has 3 rings (SSSR count). The van der Waals surface area contributed by atoms with Gasteiger partial charge in [-0.05, 0) is 35.9 Å². The summed E-state index contributed by atoms with van der Waals surface area (Å²) in [6.45, 7) is 6.12. The third kappa shape index (κ3) is 5.64. The highest BCUT2D eigenvalue weighted by Crippen LogP contribution is 2.35. The van der Waals surface area contributed by atoms with Crippen LogP contribution in [0.2, 0.25) is 0 Å². The fraction of sp³-hybridized carbons (Fsp3) is 0.478. The average Bonchev–Trinajstić information content (AvgIpc) is 2.80. The lowest BCUT2D eigenvalue weighted by Crippen LogP contribution is -2.46. The van der Waals surface area contributed by atoms with E-state index in [9.17, 15) is 26.0 Å². The van der Waals surface area contributed by atoms with Crippen LogP contribution in [-0.4, -0.2) is 64.0 Å². The van der Waals surface area contributed by atoms with E-state index in [4.69, 9.17) is 4.74 Å². The van der Waals surface area contributed by atoms with E-state index in [2.05, 4.69) is 0 Å². The summed E-state index contributed by atoms with van der Waals surface area (Å²) in [6.07, 6.45) is -4.64. The second-order valence-electron chi connectivity index (χ2n) is 7.99. The standard InChI is InChI=1S/C23H29F4N3O3S/c1-4-30(5-2)34(31,32)19-8-9-22(33-3)21(15-19)29-12-10-28(11-13-29)16-17-6-7-18(24)14-20(17)23(25,26)27/h6-9,14-15H,4-5,10-13,16H2,1-3H3. The molecule has 0 aliphatic carbocycles. The Morgan fingerprint density at radius 3 is 2.21 bits per heavy atom. The number of rotatable bonds is 8. The first-order valence-corrected chi connectivity index (χ1v) is 12.5. The normalized spacial score (nSPS) is 15.7. The van der Waals surface area contributed by atoms with E-state index in [1.165, 1.54) is 23.5 Å². The lowest BCUT2D eigenvalue weighted by molar-refractivity contribution is -0.138. The Morgan fingerprint density at radius 2 is 1.65 bits per heavy atom. The van der Waals surface area contributed by atoms with Gasteiger partial charge in [0.05, 0.1) is 23.3 Å². The van der Waals surface area contributed by atoms with Crippen molar-refractivity contribution < 1.29 is 30.7 Å². The monoisotopic (exact) mass is 503 g/mol. The molecule has 0 atom stereocenters. The molecule has 2 aromatic carbocycles. The lowest BCUT2D eigenvalue weighted by Gasteiger charge is -2.37. The van der Waals surface area contributed by atoms with E-state index in [0.717, 1.165) is 6.07 Å². The summed E-state index contributed by atoms with van der Waals surface area (Å²) in [5, 5.41) is 0. The zero-order chi connectivity index (χ0) is 25.1. The van der Waals surface area contributed by atoms with Crippen LogP contribution in [-0.2, 0) is 22.7 Å². The number of anilines is 1. The third-order valence-corrected chi connectivity index (χ3v) is 8.02. The van der Waals surface area contributed by atoms with Gasteiger partial charge in [0.25, 0.3) is 0 Å². The van der Waals surface area contributed by atoms with Crippen LogP contribution in [0.1, 0.15) is 25.0 Å². The summed E-state index contributed by atoms with van der Waals surface area (Å²) in [4.78, 5) is 3.99.